The smallest absolute Gasteiger partial charge is 0.136 e. The van der Waals surface area contributed by atoms with Crippen molar-refractivity contribution in [2.45, 2.75) is 25.5 Å². The quantitative estimate of drug-likeness (QED) is 0.848. The van der Waals surface area contributed by atoms with E-state index in [0.29, 0.717) is 12.2 Å². The molecule has 2 aromatic rings. The normalized spacial score (nSPS) is 14.5. The minimum Gasteiger partial charge on any atom is -0.466 e. The minimum atomic E-state index is -0.759. The molecule has 2 rings (SSSR count). The summed E-state index contributed by atoms with van der Waals surface area (Å²) in [5.41, 5.74) is 8.04. The van der Waals surface area contributed by atoms with Crippen LogP contribution in [0.1, 0.15) is 23.0 Å². The van der Waals surface area contributed by atoms with E-state index in [1.165, 1.54) is 0 Å². The zero-order chi connectivity index (χ0) is 12.3. The number of hydrogen-bond donors (Lipinski definition) is 2. The summed E-state index contributed by atoms with van der Waals surface area (Å²) >= 11 is 0. The van der Waals surface area contributed by atoms with Crippen LogP contribution in [0.25, 0.3) is 0 Å². The molecule has 2 unspecified atom stereocenters. The van der Waals surface area contributed by atoms with Gasteiger partial charge in [0.15, 0.2) is 0 Å². The van der Waals surface area contributed by atoms with Crippen LogP contribution in [-0.4, -0.2) is 11.1 Å². The lowest BCUT2D eigenvalue weighted by Gasteiger charge is -2.17. The van der Waals surface area contributed by atoms with E-state index in [1.807, 2.05) is 43.3 Å². The molecule has 0 radical (unpaired) electrons. The molecule has 3 heteroatoms. The number of aliphatic hydroxyl groups is 1. The van der Waals surface area contributed by atoms with Crippen LogP contribution in [0.5, 0.6) is 0 Å². The molecule has 0 bridgehead atoms. The van der Waals surface area contributed by atoms with Crippen molar-refractivity contribution in [2.75, 3.05) is 0 Å². The van der Waals surface area contributed by atoms with Crippen LogP contribution in [0.3, 0.4) is 0 Å². The van der Waals surface area contributed by atoms with Crippen LogP contribution in [0.4, 0.5) is 0 Å². The number of benzene rings is 1. The molecular formula is C14H17NO2. The summed E-state index contributed by atoms with van der Waals surface area (Å²) in [5, 5.41) is 10.1. The van der Waals surface area contributed by atoms with Gasteiger partial charge < -0.3 is 15.3 Å². The average molecular weight is 231 g/mol. The first kappa shape index (κ1) is 11.9. The van der Waals surface area contributed by atoms with Crippen molar-refractivity contribution in [3.63, 3.8) is 0 Å². The molecule has 0 saturated carbocycles. The van der Waals surface area contributed by atoms with Gasteiger partial charge in [0.25, 0.3) is 0 Å². The summed E-state index contributed by atoms with van der Waals surface area (Å²) in [5.74, 6) is 0.563. The lowest BCUT2D eigenvalue weighted by Crippen LogP contribution is -2.30. The predicted molar refractivity (Wildman–Crippen MR) is 66.5 cm³/mol. The van der Waals surface area contributed by atoms with E-state index in [0.717, 1.165) is 11.1 Å². The maximum atomic E-state index is 10.1. The van der Waals surface area contributed by atoms with Crippen LogP contribution in [0.2, 0.25) is 0 Å². The minimum absolute atomic E-state index is 0.359. The Kier molecular flexibility index (Phi) is 3.61. The Morgan fingerprint density at radius 3 is 2.53 bits per heavy atom. The van der Waals surface area contributed by atoms with Crippen molar-refractivity contribution in [3.05, 3.63) is 59.5 Å². The molecule has 0 aliphatic heterocycles. The second-order valence-corrected chi connectivity index (χ2v) is 4.27. The first-order valence-corrected chi connectivity index (χ1v) is 5.70. The number of furan rings is 1. The summed E-state index contributed by atoms with van der Waals surface area (Å²) in [6.45, 7) is 1.90. The molecule has 0 aliphatic rings. The Morgan fingerprint density at radius 2 is 1.94 bits per heavy atom. The molecular weight excluding hydrogens is 214 g/mol. The van der Waals surface area contributed by atoms with E-state index < -0.39 is 6.10 Å². The van der Waals surface area contributed by atoms with Gasteiger partial charge in [-0.1, -0.05) is 30.3 Å². The fourth-order valence-electron chi connectivity index (χ4n) is 1.88. The highest BCUT2D eigenvalue weighted by atomic mass is 16.4. The summed E-state index contributed by atoms with van der Waals surface area (Å²) in [4.78, 5) is 0. The molecule has 0 aliphatic carbocycles. The Morgan fingerprint density at radius 1 is 1.24 bits per heavy atom. The van der Waals surface area contributed by atoms with Crippen LogP contribution in [0, 0.1) is 6.92 Å². The van der Waals surface area contributed by atoms with E-state index in [2.05, 4.69) is 0 Å². The van der Waals surface area contributed by atoms with Crippen molar-refractivity contribution in [3.8, 4) is 0 Å². The Hall–Kier alpha value is -1.58. The van der Waals surface area contributed by atoms with Crippen LogP contribution in [0.15, 0.2) is 47.1 Å². The molecule has 90 valence electrons. The van der Waals surface area contributed by atoms with Gasteiger partial charge in [-0.25, -0.2) is 0 Å². The molecule has 1 aromatic carbocycles. The van der Waals surface area contributed by atoms with E-state index in [-0.39, 0.29) is 6.04 Å². The summed E-state index contributed by atoms with van der Waals surface area (Å²) < 4.78 is 5.25. The third-order valence-electron chi connectivity index (χ3n) is 2.89. The highest BCUT2D eigenvalue weighted by Gasteiger charge is 2.21. The van der Waals surface area contributed by atoms with Gasteiger partial charge in [-0.15, -0.1) is 0 Å². The Balaban J connectivity index is 2.06. The molecule has 3 nitrogen and oxygen atoms in total. The lowest BCUT2D eigenvalue weighted by molar-refractivity contribution is 0.120. The largest absolute Gasteiger partial charge is 0.466 e. The number of rotatable bonds is 4. The third kappa shape index (κ3) is 2.75. The van der Waals surface area contributed by atoms with Crippen LogP contribution >= 0.6 is 0 Å². The molecule has 17 heavy (non-hydrogen) atoms. The van der Waals surface area contributed by atoms with Gasteiger partial charge in [-0.2, -0.15) is 0 Å². The highest BCUT2D eigenvalue weighted by molar-refractivity contribution is 5.21. The topological polar surface area (TPSA) is 59.4 Å². The van der Waals surface area contributed by atoms with Crippen molar-refractivity contribution in [2.24, 2.45) is 5.73 Å². The molecule has 0 saturated heterocycles. The van der Waals surface area contributed by atoms with Crippen molar-refractivity contribution in [1.82, 2.24) is 0 Å². The Labute approximate surface area is 101 Å². The lowest BCUT2D eigenvalue weighted by atomic mass is 9.99. The van der Waals surface area contributed by atoms with E-state index in [4.69, 9.17) is 10.2 Å². The van der Waals surface area contributed by atoms with Gasteiger partial charge in [-0.3, -0.25) is 0 Å². The van der Waals surface area contributed by atoms with Crippen LogP contribution in [-0.2, 0) is 6.42 Å². The number of aliphatic hydroxyl groups excluding tert-OH is 1. The first-order chi connectivity index (χ1) is 8.18. The molecule has 0 amide bonds. The standard InChI is InChI=1S/C14H17NO2/c1-10-7-8-17-14(10)13(16)12(15)9-11-5-3-2-4-6-11/h2-8,12-13,16H,9,15H2,1H3. The second kappa shape index (κ2) is 5.17. The number of aryl methyl sites for hydroxylation is 1. The maximum Gasteiger partial charge on any atom is 0.136 e. The maximum absolute atomic E-state index is 10.1. The number of hydrogen-bond acceptors (Lipinski definition) is 3. The van der Waals surface area contributed by atoms with Gasteiger partial charge >= 0.3 is 0 Å². The highest BCUT2D eigenvalue weighted by Crippen LogP contribution is 2.22. The molecule has 3 N–H and O–H groups in total. The zero-order valence-electron chi connectivity index (χ0n) is 9.84. The van der Waals surface area contributed by atoms with Gasteiger partial charge in [0, 0.05) is 6.04 Å². The first-order valence-electron chi connectivity index (χ1n) is 5.70. The fraction of sp³-hybridized carbons (Fsp3) is 0.286. The van der Waals surface area contributed by atoms with Gasteiger partial charge in [0.05, 0.1) is 6.26 Å². The second-order valence-electron chi connectivity index (χ2n) is 4.27. The molecule has 1 heterocycles. The fourth-order valence-corrected chi connectivity index (χ4v) is 1.88. The van der Waals surface area contributed by atoms with E-state index in [9.17, 15) is 5.11 Å². The van der Waals surface area contributed by atoms with Crippen LogP contribution < -0.4 is 5.73 Å². The molecule has 2 atom stereocenters. The molecule has 1 aromatic heterocycles. The third-order valence-corrected chi connectivity index (χ3v) is 2.89. The summed E-state index contributed by atoms with van der Waals surface area (Å²) in [6.07, 6.45) is 1.44. The van der Waals surface area contributed by atoms with Crippen molar-refractivity contribution < 1.29 is 9.52 Å². The SMILES string of the molecule is Cc1ccoc1C(O)C(N)Cc1ccccc1. The van der Waals surface area contributed by atoms with Gasteiger partial charge in [-0.05, 0) is 30.5 Å². The van der Waals surface area contributed by atoms with Gasteiger partial charge in [0.1, 0.15) is 11.9 Å². The van der Waals surface area contributed by atoms with E-state index in [1.54, 1.807) is 6.26 Å². The van der Waals surface area contributed by atoms with Gasteiger partial charge in [0.2, 0.25) is 0 Å². The van der Waals surface area contributed by atoms with Crippen molar-refractivity contribution in [1.29, 1.82) is 0 Å². The monoisotopic (exact) mass is 231 g/mol. The predicted octanol–water partition coefficient (Wildman–Crippen LogP) is 2.19. The Bertz CT molecular complexity index is 464. The zero-order valence-corrected chi connectivity index (χ0v) is 9.84. The summed E-state index contributed by atoms with van der Waals surface area (Å²) in [6, 6.07) is 11.4. The summed E-state index contributed by atoms with van der Waals surface area (Å²) in [7, 11) is 0. The van der Waals surface area contributed by atoms with Crippen molar-refractivity contribution >= 4 is 0 Å². The molecule has 0 fully saturated rings. The molecule has 0 spiro atoms. The average Bonchev–Trinajstić information content (AvgIpc) is 2.76. The van der Waals surface area contributed by atoms with E-state index >= 15 is 0 Å². The number of nitrogens with two attached hydrogens (primary N) is 1.